The quantitative estimate of drug-likeness (QED) is 0.0415. The number of urea groups is 2. The van der Waals surface area contributed by atoms with Crippen molar-refractivity contribution in [1.29, 1.82) is 0 Å². The molecule has 0 bridgehead atoms. The molecule has 4 aromatic rings. The third-order valence-corrected chi connectivity index (χ3v) is 17.5. The number of imidazole rings is 1. The molecule has 0 aliphatic carbocycles. The number of benzene rings is 3. The van der Waals surface area contributed by atoms with Crippen molar-refractivity contribution >= 4 is 41.0 Å². The van der Waals surface area contributed by atoms with Crippen molar-refractivity contribution in [2.24, 2.45) is 0 Å². The van der Waals surface area contributed by atoms with Gasteiger partial charge in [0, 0.05) is 109 Å². The number of aromatic nitrogens is 2. The molecule has 0 saturated heterocycles. The SMILES string of the molecule is CCN(C(=O)NCCC[Si](OC)(OC)OC)c1ccc(-c2nc(-c3cc(C(C)C)c(O)c(C(C)C)c3)[nH]c2-c2ccc(N(CC)C(=O)NCCC[Si](OC)(OC)OC)cc2C)c(C)c1. The highest BCUT2D eigenvalue weighted by Gasteiger charge is 2.38. The summed E-state index contributed by atoms with van der Waals surface area (Å²) in [6.07, 6.45) is 1.27. The van der Waals surface area contributed by atoms with Crippen molar-refractivity contribution in [3.05, 3.63) is 70.8 Å². The van der Waals surface area contributed by atoms with Gasteiger partial charge in [-0.05, 0) is 111 Å². The van der Waals surface area contributed by atoms with Gasteiger partial charge in [0.15, 0.2) is 0 Å². The zero-order valence-electron chi connectivity index (χ0n) is 40.5. The van der Waals surface area contributed by atoms with Crippen molar-refractivity contribution in [2.75, 3.05) is 78.6 Å². The predicted molar refractivity (Wildman–Crippen MR) is 259 cm³/mol. The maximum Gasteiger partial charge on any atom is 0.500 e. The Bertz CT molecular complexity index is 2010. The standard InChI is InChI=1S/C47H72N6O9Si2/c1-15-52(46(55)48-23-17-25-63(57-9,58-10)59-11)36-19-21-38(33(7)27-36)42-43(51-45(50-42)35-29-40(31(3)4)44(54)41(30-35)32(5)6)39-22-20-37(28-34(39)8)53(16-2)47(56)49-24-18-26-64(60-12,61-13)62-14/h19-22,27-32,54H,15-18,23-26H2,1-14H3,(H,48,55)(H,49,56)(H,50,51). The zero-order valence-corrected chi connectivity index (χ0v) is 42.5. The third-order valence-electron chi connectivity index (χ3n) is 11.8. The molecule has 4 amide bonds. The number of phenols is 1. The third kappa shape index (κ3) is 12.0. The molecule has 4 rings (SSSR count). The van der Waals surface area contributed by atoms with Crippen LogP contribution in [-0.4, -0.2) is 114 Å². The van der Waals surface area contributed by atoms with E-state index in [0.29, 0.717) is 62.7 Å². The Morgan fingerprint density at radius 2 is 1.08 bits per heavy atom. The Kier molecular flexibility index (Phi) is 19.1. The van der Waals surface area contributed by atoms with E-state index in [4.69, 9.17) is 31.5 Å². The van der Waals surface area contributed by atoms with E-state index in [1.807, 2.05) is 76.2 Å². The second-order valence-electron chi connectivity index (χ2n) is 16.4. The number of hydrogen-bond acceptors (Lipinski definition) is 10. The van der Waals surface area contributed by atoms with Crippen molar-refractivity contribution in [3.63, 3.8) is 0 Å². The maximum atomic E-state index is 13.5. The Hall–Kier alpha value is -4.60. The molecular weight excluding hydrogens is 849 g/mol. The number of aromatic hydroxyl groups is 1. The first-order valence-corrected chi connectivity index (χ1v) is 26.0. The maximum absolute atomic E-state index is 13.5. The number of nitrogens with one attached hydrogen (secondary N) is 3. The Morgan fingerprint density at radius 1 is 0.672 bits per heavy atom. The van der Waals surface area contributed by atoms with Crippen LogP contribution in [0.1, 0.15) is 88.5 Å². The van der Waals surface area contributed by atoms with E-state index in [9.17, 15) is 14.7 Å². The number of phenolic OH excluding ortho intramolecular Hbond substituents is 1. The van der Waals surface area contributed by atoms with Gasteiger partial charge in [0.2, 0.25) is 0 Å². The topological polar surface area (TPSA) is 169 Å². The number of H-pyrrole nitrogens is 1. The van der Waals surface area contributed by atoms with Crippen LogP contribution in [-0.2, 0) is 26.6 Å². The van der Waals surface area contributed by atoms with E-state index < -0.39 is 17.6 Å². The van der Waals surface area contributed by atoms with Crippen LogP contribution in [0.5, 0.6) is 5.75 Å². The largest absolute Gasteiger partial charge is 0.507 e. The molecule has 1 aromatic heterocycles. The number of aromatic amines is 1. The number of anilines is 2. The summed E-state index contributed by atoms with van der Waals surface area (Å²) < 4.78 is 33.2. The summed E-state index contributed by atoms with van der Waals surface area (Å²) in [5.41, 5.74) is 9.32. The summed E-state index contributed by atoms with van der Waals surface area (Å²) in [6.45, 7) is 18.0. The summed E-state index contributed by atoms with van der Waals surface area (Å²) in [7, 11) is 4.00. The van der Waals surface area contributed by atoms with Gasteiger partial charge >= 0.3 is 29.7 Å². The summed E-state index contributed by atoms with van der Waals surface area (Å²) in [5.74, 6) is 1.15. The molecule has 17 heteroatoms. The van der Waals surface area contributed by atoms with E-state index in [1.54, 1.807) is 52.5 Å². The van der Waals surface area contributed by atoms with Gasteiger partial charge in [0.1, 0.15) is 11.6 Å². The average molecular weight is 921 g/mol. The number of carbonyl (C=O) groups is 2. The Balaban J connectivity index is 1.73. The van der Waals surface area contributed by atoms with Crippen LogP contribution in [0.2, 0.25) is 12.1 Å². The van der Waals surface area contributed by atoms with E-state index in [1.165, 1.54) is 0 Å². The van der Waals surface area contributed by atoms with Crippen molar-refractivity contribution in [3.8, 4) is 39.7 Å². The molecule has 0 spiro atoms. The first kappa shape index (κ1) is 52.0. The lowest BCUT2D eigenvalue weighted by atomic mass is 9.91. The highest BCUT2D eigenvalue weighted by atomic mass is 28.4. The van der Waals surface area contributed by atoms with Crippen LogP contribution in [0, 0.1) is 13.8 Å². The van der Waals surface area contributed by atoms with Gasteiger partial charge in [-0.15, -0.1) is 0 Å². The number of carbonyl (C=O) groups excluding carboxylic acids is 2. The van der Waals surface area contributed by atoms with Crippen molar-refractivity contribution < 1.29 is 41.3 Å². The Labute approximate surface area is 382 Å². The second-order valence-corrected chi connectivity index (χ2v) is 22.6. The molecule has 4 N–H and O–H groups in total. The fourth-order valence-electron chi connectivity index (χ4n) is 7.97. The molecule has 0 aliphatic heterocycles. The fourth-order valence-corrected chi connectivity index (χ4v) is 11.4. The van der Waals surface area contributed by atoms with Crippen LogP contribution in [0.4, 0.5) is 21.0 Å². The lowest BCUT2D eigenvalue weighted by Gasteiger charge is -2.25. The van der Waals surface area contributed by atoms with Gasteiger partial charge in [-0.25, -0.2) is 14.6 Å². The van der Waals surface area contributed by atoms with Crippen LogP contribution in [0.15, 0.2) is 48.5 Å². The van der Waals surface area contributed by atoms with Crippen LogP contribution in [0.25, 0.3) is 33.9 Å². The molecule has 15 nitrogen and oxygen atoms in total. The number of rotatable bonds is 23. The lowest BCUT2D eigenvalue weighted by molar-refractivity contribution is 0.122. The molecule has 352 valence electrons. The molecule has 0 saturated carbocycles. The highest BCUT2D eigenvalue weighted by Crippen LogP contribution is 2.41. The monoisotopic (exact) mass is 920 g/mol. The lowest BCUT2D eigenvalue weighted by Crippen LogP contribution is -2.44. The first-order chi connectivity index (χ1) is 30.5. The average Bonchev–Trinajstić information content (AvgIpc) is 3.72. The predicted octanol–water partition coefficient (Wildman–Crippen LogP) is 9.59. The first-order valence-electron chi connectivity index (χ1n) is 22.1. The smallest absolute Gasteiger partial charge is 0.500 e. The zero-order chi connectivity index (χ0) is 47.4. The molecule has 1 heterocycles. The van der Waals surface area contributed by atoms with E-state index in [0.717, 1.165) is 61.7 Å². The molecule has 0 aliphatic rings. The van der Waals surface area contributed by atoms with Crippen LogP contribution in [0.3, 0.4) is 0 Å². The van der Waals surface area contributed by atoms with Gasteiger partial charge in [-0.2, -0.15) is 0 Å². The molecular formula is C47H72N6O9Si2. The van der Waals surface area contributed by atoms with E-state index >= 15 is 0 Å². The summed E-state index contributed by atoms with van der Waals surface area (Å²) in [5, 5.41) is 17.4. The molecule has 0 radical (unpaired) electrons. The molecule has 3 aromatic carbocycles. The van der Waals surface area contributed by atoms with Crippen molar-refractivity contribution in [2.45, 2.75) is 92.2 Å². The minimum Gasteiger partial charge on any atom is -0.507 e. The summed E-state index contributed by atoms with van der Waals surface area (Å²) in [4.78, 5) is 39.5. The van der Waals surface area contributed by atoms with Crippen LogP contribution >= 0.6 is 0 Å². The summed E-state index contributed by atoms with van der Waals surface area (Å²) in [6, 6.07) is 16.8. The van der Waals surface area contributed by atoms with Gasteiger partial charge in [-0.1, -0.05) is 39.8 Å². The number of hydrogen-bond donors (Lipinski definition) is 4. The number of nitrogens with zero attached hydrogens (tertiary/aromatic N) is 3. The molecule has 64 heavy (non-hydrogen) atoms. The number of amides is 4. The van der Waals surface area contributed by atoms with Gasteiger partial charge in [0.25, 0.3) is 0 Å². The second kappa shape index (κ2) is 23.5. The highest BCUT2D eigenvalue weighted by molar-refractivity contribution is 6.60. The van der Waals surface area contributed by atoms with Gasteiger partial charge in [0.05, 0.1) is 11.4 Å². The minimum absolute atomic E-state index is 0.0845. The normalized spacial score (nSPS) is 12.0. The van der Waals surface area contributed by atoms with E-state index in [2.05, 4.69) is 43.3 Å². The number of aryl methyl sites for hydroxylation is 2. The van der Waals surface area contributed by atoms with Crippen molar-refractivity contribution in [1.82, 2.24) is 20.6 Å². The van der Waals surface area contributed by atoms with Gasteiger partial charge < -0.3 is 47.3 Å². The van der Waals surface area contributed by atoms with E-state index in [-0.39, 0.29) is 23.9 Å². The van der Waals surface area contributed by atoms with Gasteiger partial charge in [-0.3, -0.25) is 9.80 Å². The Morgan fingerprint density at radius 3 is 1.44 bits per heavy atom. The summed E-state index contributed by atoms with van der Waals surface area (Å²) >= 11 is 0. The molecule has 0 unspecified atom stereocenters. The molecule has 0 atom stereocenters. The fraction of sp³-hybridized carbons (Fsp3) is 0.511. The molecule has 0 fully saturated rings. The minimum atomic E-state index is -2.75. The van der Waals surface area contributed by atoms with Crippen LogP contribution < -0.4 is 20.4 Å².